The maximum Gasteiger partial charge on any atom is 0.265 e. The van der Waals surface area contributed by atoms with Crippen molar-refractivity contribution in [2.75, 3.05) is 4.72 Å². The summed E-state index contributed by atoms with van der Waals surface area (Å²) >= 11 is 0. The van der Waals surface area contributed by atoms with Gasteiger partial charge >= 0.3 is 0 Å². The van der Waals surface area contributed by atoms with E-state index in [2.05, 4.69) is 33.9 Å². The fourth-order valence-electron chi connectivity index (χ4n) is 2.24. The minimum atomic E-state index is -3.68. The summed E-state index contributed by atoms with van der Waals surface area (Å²) in [6.07, 6.45) is 1.45. The molecule has 0 amide bonds. The Morgan fingerprint density at radius 3 is 2.52 bits per heavy atom. The van der Waals surface area contributed by atoms with Crippen LogP contribution in [-0.2, 0) is 16.6 Å². The van der Waals surface area contributed by atoms with Crippen molar-refractivity contribution >= 4 is 15.7 Å². The minimum absolute atomic E-state index is 0.240. The summed E-state index contributed by atoms with van der Waals surface area (Å²) in [5, 5.41) is 10.9. The maximum absolute atomic E-state index is 12.6. The van der Waals surface area contributed by atoms with Crippen LogP contribution < -0.4 is 4.72 Å². The van der Waals surface area contributed by atoms with Crippen LogP contribution >= 0.6 is 0 Å². The molecule has 0 saturated heterocycles. The topological polar surface area (TPSA) is 92.7 Å². The van der Waals surface area contributed by atoms with Gasteiger partial charge in [0.15, 0.2) is 0 Å². The van der Waals surface area contributed by atoms with Crippen LogP contribution in [0, 0.1) is 26.7 Å². The standard InChI is InChI=1S/C13H21N5O2S/c1-8(2)7-18-11(5)13(10(4)16-18)21(19,20)17-12-6-14-15-9(12)3/h6,8,17H,7H2,1-5H3,(H,14,15). The van der Waals surface area contributed by atoms with Gasteiger partial charge in [0, 0.05) is 6.54 Å². The molecule has 2 N–H and O–H groups in total. The molecule has 0 aliphatic rings. The molecule has 2 aromatic rings. The smallest absolute Gasteiger partial charge is 0.265 e. The van der Waals surface area contributed by atoms with Crippen molar-refractivity contribution in [2.24, 2.45) is 5.92 Å². The Bertz CT molecular complexity index is 743. The summed E-state index contributed by atoms with van der Waals surface area (Å²) in [6.45, 7) is 10.1. The summed E-state index contributed by atoms with van der Waals surface area (Å²) in [7, 11) is -3.68. The number of sulfonamides is 1. The van der Waals surface area contributed by atoms with E-state index in [1.54, 1.807) is 25.5 Å². The Hall–Kier alpha value is -1.83. The molecule has 8 heteroatoms. The van der Waals surface area contributed by atoms with Gasteiger partial charge in [0.05, 0.1) is 29.0 Å². The zero-order valence-corrected chi connectivity index (χ0v) is 13.7. The third-order valence-corrected chi connectivity index (χ3v) is 4.81. The van der Waals surface area contributed by atoms with Crippen molar-refractivity contribution in [3.63, 3.8) is 0 Å². The number of aromatic amines is 1. The predicted molar refractivity (Wildman–Crippen MR) is 80.7 cm³/mol. The highest BCUT2D eigenvalue weighted by Gasteiger charge is 2.25. The van der Waals surface area contributed by atoms with Gasteiger partial charge in [-0.05, 0) is 26.7 Å². The summed E-state index contributed by atoms with van der Waals surface area (Å²) in [6, 6.07) is 0. The number of aryl methyl sites for hydroxylation is 2. The molecular formula is C13H21N5O2S. The van der Waals surface area contributed by atoms with Gasteiger partial charge in [0.25, 0.3) is 10.0 Å². The normalized spacial score (nSPS) is 12.1. The number of H-pyrrole nitrogens is 1. The summed E-state index contributed by atoms with van der Waals surface area (Å²) in [4.78, 5) is 0.240. The number of nitrogens with one attached hydrogen (secondary N) is 2. The summed E-state index contributed by atoms with van der Waals surface area (Å²) in [5.74, 6) is 0.391. The van der Waals surface area contributed by atoms with Crippen molar-refractivity contribution in [3.05, 3.63) is 23.3 Å². The number of rotatable bonds is 5. The van der Waals surface area contributed by atoms with E-state index in [4.69, 9.17) is 0 Å². The lowest BCUT2D eigenvalue weighted by Gasteiger charge is -2.09. The first-order chi connectivity index (χ1) is 9.72. The number of aromatic nitrogens is 4. The Kier molecular flexibility index (Phi) is 4.08. The quantitative estimate of drug-likeness (QED) is 0.883. The number of anilines is 1. The SMILES string of the molecule is Cc1nn(CC(C)C)c(C)c1S(=O)(=O)Nc1cn[nH]c1C. The van der Waals surface area contributed by atoms with Gasteiger partial charge in [-0.1, -0.05) is 13.8 Å². The largest absolute Gasteiger partial charge is 0.281 e. The van der Waals surface area contributed by atoms with Gasteiger partial charge in [-0.2, -0.15) is 10.2 Å². The first-order valence-electron chi connectivity index (χ1n) is 6.79. The molecule has 2 aromatic heterocycles. The highest BCUT2D eigenvalue weighted by atomic mass is 32.2. The lowest BCUT2D eigenvalue weighted by atomic mass is 10.2. The molecule has 0 bridgehead atoms. The van der Waals surface area contributed by atoms with Crippen molar-refractivity contribution in [3.8, 4) is 0 Å². The molecule has 2 rings (SSSR count). The Balaban J connectivity index is 2.41. The summed E-state index contributed by atoms with van der Waals surface area (Å²) in [5.41, 5.74) is 2.27. The number of hydrogen-bond acceptors (Lipinski definition) is 4. The van der Waals surface area contributed by atoms with Gasteiger partial charge < -0.3 is 0 Å². The van der Waals surface area contributed by atoms with Crippen molar-refractivity contribution in [1.82, 2.24) is 20.0 Å². The average molecular weight is 311 g/mol. The Morgan fingerprint density at radius 2 is 2.00 bits per heavy atom. The van der Waals surface area contributed by atoms with Crippen molar-refractivity contribution in [2.45, 2.75) is 46.1 Å². The number of hydrogen-bond donors (Lipinski definition) is 2. The van der Waals surface area contributed by atoms with E-state index in [1.807, 2.05) is 0 Å². The molecular weight excluding hydrogens is 290 g/mol. The van der Waals surface area contributed by atoms with Crippen LogP contribution in [0.5, 0.6) is 0 Å². The molecule has 0 aromatic carbocycles. The van der Waals surface area contributed by atoms with Crippen LogP contribution in [0.25, 0.3) is 0 Å². The molecule has 0 spiro atoms. The van der Waals surface area contributed by atoms with Crippen LogP contribution in [-0.4, -0.2) is 28.4 Å². The molecule has 21 heavy (non-hydrogen) atoms. The zero-order chi connectivity index (χ0) is 15.8. The average Bonchev–Trinajstić information content (AvgIpc) is 2.83. The van der Waals surface area contributed by atoms with Crippen molar-refractivity contribution < 1.29 is 8.42 Å². The Morgan fingerprint density at radius 1 is 1.33 bits per heavy atom. The second kappa shape index (κ2) is 5.51. The molecule has 0 radical (unpaired) electrons. The Labute approximate surface area is 124 Å². The zero-order valence-electron chi connectivity index (χ0n) is 12.9. The molecule has 0 fully saturated rings. The van der Waals surface area contributed by atoms with E-state index in [-0.39, 0.29) is 4.90 Å². The van der Waals surface area contributed by atoms with E-state index in [9.17, 15) is 8.42 Å². The third kappa shape index (κ3) is 3.10. The van der Waals surface area contributed by atoms with Crippen LogP contribution in [0.4, 0.5) is 5.69 Å². The van der Waals surface area contributed by atoms with Crippen LogP contribution in [0.3, 0.4) is 0 Å². The van der Waals surface area contributed by atoms with Gasteiger partial charge in [-0.15, -0.1) is 0 Å². The highest BCUT2D eigenvalue weighted by Crippen LogP contribution is 2.23. The maximum atomic E-state index is 12.6. The lowest BCUT2D eigenvalue weighted by molar-refractivity contribution is 0.472. The van der Waals surface area contributed by atoms with E-state index < -0.39 is 10.0 Å². The van der Waals surface area contributed by atoms with E-state index in [0.717, 1.165) is 0 Å². The van der Waals surface area contributed by atoms with Gasteiger partial charge in [-0.3, -0.25) is 14.5 Å². The van der Waals surface area contributed by atoms with E-state index in [0.29, 0.717) is 35.2 Å². The molecule has 0 aliphatic heterocycles. The molecule has 116 valence electrons. The molecule has 2 heterocycles. The molecule has 0 atom stereocenters. The van der Waals surface area contributed by atoms with Crippen molar-refractivity contribution in [1.29, 1.82) is 0 Å². The number of nitrogens with zero attached hydrogens (tertiary/aromatic N) is 3. The molecule has 0 aliphatic carbocycles. The second-order valence-corrected chi connectivity index (χ2v) is 7.21. The molecule has 7 nitrogen and oxygen atoms in total. The highest BCUT2D eigenvalue weighted by molar-refractivity contribution is 7.92. The summed E-state index contributed by atoms with van der Waals surface area (Å²) < 4.78 is 29.5. The van der Waals surface area contributed by atoms with E-state index in [1.165, 1.54) is 6.20 Å². The van der Waals surface area contributed by atoms with Gasteiger partial charge in [0.1, 0.15) is 4.90 Å². The second-order valence-electron chi connectivity index (χ2n) is 5.59. The fourth-order valence-corrected chi connectivity index (χ4v) is 3.76. The van der Waals surface area contributed by atoms with Crippen LogP contribution in [0.2, 0.25) is 0 Å². The molecule has 0 unspecified atom stereocenters. The van der Waals surface area contributed by atoms with Gasteiger partial charge in [0.2, 0.25) is 0 Å². The van der Waals surface area contributed by atoms with E-state index >= 15 is 0 Å². The predicted octanol–water partition coefficient (Wildman–Crippen LogP) is 1.99. The first kappa shape index (κ1) is 15.6. The third-order valence-electron chi connectivity index (χ3n) is 3.20. The monoisotopic (exact) mass is 311 g/mol. The van der Waals surface area contributed by atoms with Crippen LogP contribution in [0.1, 0.15) is 30.9 Å². The fraction of sp³-hybridized carbons (Fsp3) is 0.538. The first-order valence-corrected chi connectivity index (χ1v) is 8.27. The lowest BCUT2D eigenvalue weighted by Crippen LogP contribution is -2.15. The minimum Gasteiger partial charge on any atom is -0.281 e. The van der Waals surface area contributed by atoms with Crippen LogP contribution in [0.15, 0.2) is 11.1 Å². The molecule has 0 saturated carbocycles. The van der Waals surface area contributed by atoms with Gasteiger partial charge in [-0.25, -0.2) is 8.42 Å².